The number of aliphatic hydroxyl groups is 3. The Hall–Kier alpha value is -1.66. The van der Waals surface area contributed by atoms with Crippen molar-refractivity contribution in [2.45, 2.75) is 37.6 Å². The third kappa shape index (κ3) is 2.73. The Kier molecular flexibility index (Phi) is 3.82. The molecule has 3 N–H and O–H groups in total. The van der Waals surface area contributed by atoms with Crippen molar-refractivity contribution in [3.05, 3.63) is 42.5 Å². The van der Waals surface area contributed by atoms with Crippen molar-refractivity contribution in [2.24, 2.45) is 0 Å². The monoisotopic (exact) mass is 290 g/mol. The zero-order valence-electron chi connectivity index (χ0n) is 11.6. The maximum Gasteiger partial charge on any atom is 0.229 e. The minimum Gasteiger partial charge on any atom is -0.462 e. The number of rotatable bonds is 2. The van der Waals surface area contributed by atoms with E-state index in [0.717, 1.165) is 10.8 Å². The molecule has 1 fully saturated rings. The van der Waals surface area contributed by atoms with Gasteiger partial charge in [-0.2, -0.15) is 0 Å². The van der Waals surface area contributed by atoms with Crippen LogP contribution in [0.1, 0.15) is 6.92 Å². The first kappa shape index (κ1) is 14.3. The van der Waals surface area contributed by atoms with Crippen LogP contribution in [0.4, 0.5) is 0 Å². The zero-order chi connectivity index (χ0) is 15.0. The third-order valence-corrected chi connectivity index (χ3v) is 3.78. The largest absolute Gasteiger partial charge is 0.462 e. The minimum absolute atomic E-state index is 0.536. The predicted molar refractivity (Wildman–Crippen MR) is 76.9 cm³/mol. The summed E-state index contributed by atoms with van der Waals surface area (Å²) in [6.07, 6.45) is -5.35. The van der Waals surface area contributed by atoms with Crippen molar-refractivity contribution in [1.29, 1.82) is 0 Å². The molecule has 112 valence electrons. The highest BCUT2D eigenvalue weighted by atomic mass is 16.7. The van der Waals surface area contributed by atoms with Crippen molar-refractivity contribution in [2.75, 3.05) is 0 Å². The Morgan fingerprint density at radius 2 is 1.62 bits per heavy atom. The number of benzene rings is 2. The van der Waals surface area contributed by atoms with E-state index in [1.165, 1.54) is 0 Å². The molecule has 0 saturated carbocycles. The maximum atomic E-state index is 9.94. The van der Waals surface area contributed by atoms with E-state index in [2.05, 4.69) is 0 Å². The first-order chi connectivity index (χ1) is 10.1. The molecule has 5 nitrogen and oxygen atoms in total. The molecule has 3 rings (SSSR count). The van der Waals surface area contributed by atoms with Crippen LogP contribution >= 0.6 is 0 Å². The lowest BCUT2D eigenvalue weighted by Gasteiger charge is -2.38. The second-order valence-corrected chi connectivity index (χ2v) is 5.31. The molecule has 0 aromatic heterocycles. The summed E-state index contributed by atoms with van der Waals surface area (Å²) < 4.78 is 11.0. The Bertz CT molecular complexity index is 629. The third-order valence-electron chi connectivity index (χ3n) is 3.78. The quantitative estimate of drug-likeness (QED) is 0.770. The Morgan fingerprint density at radius 3 is 2.38 bits per heavy atom. The van der Waals surface area contributed by atoms with E-state index in [4.69, 9.17) is 9.47 Å². The standard InChI is InChI=1S/C16H18O5/c1-9-13(17)14(18)15(19)16(20-9)21-12-7-6-10-4-2-3-5-11(10)8-12/h2-9,13-19H,1H3/t9-,13+,14+,15+,16+/m1/s1. The van der Waals surface area contributed by atoms with Gasteiger partial charge in [-0.15, -0.1) is 0 Å². The van der Waals surface area contributed by atoms with Crippen molar-refractivity contribution < 1.29 is 24.8 Å². The summed E-state index contributed by atoms with van der Waals surface area (Å²) in [5.74, 6) is 0.536. The predicted octanol–water partition coefficient (Wildman–Crippen LogP) is 1.05. The summed E-state index contributed by atoms with van der Waals surface area (Å²) in [7, 11) is 0. The van der Waals surface area contributed by atoms with Crippen LogP contribution in [0.2, 0.25) is 0 Å². The SMILES string of the molecule is C[C@H]1O[C@@H](Oc2ccc3ccccc3c2)[C@@H](O)[C@@H](O)[C@H]1O. The van der Waals surface area contributed by atoms with Crippen LogP contribution in [-0.2, 0) is 4.74 Å². The first-order valence-electron chi connectivity index (χ1n) is 6.91. The Labute approximate surface area is 122 Å². The molecule has 0 spiro atoms. The van der Waals surface area contributed by atoms with Gasteiger partial charge < -0.3 is 24.8 Å². The molecule has 2 aromatic carbocycles. The fraction of sp³-hybridized carbons (Fsp3) is 0.375. The van der Waals surface area contributed by atoms with E-state index in [1.54, 1.807) is 13.0 Å². The number of hydrogen-bond donors (Lipinski definition) is 3. The molecule has 0 bridgehead atoms. The first-order valence-corrected chi connectivity index (χ1v) is 6.91. The van der Waals surface area contributed by atoms with Crippen LogP contribution in [0.15, 0.2) is 42.5 Å². The van der Waals surface area contributed by atoms with E-state index in [0.29, 0.717) is 5.75 Å². The molecule has 0 radical (unpaired) electrons. The van der Waals surface area contributed by atoms with Crippen LogP contribution in [0.3, 0.4) is 0 Å². The molecule has 0 amide bonds. The second kappa shape index (κ2) is 5.61. The van der Waals surface area contributed by atoms with Crippen LogP contribution in [0.25, 0.3) is 10.8 Å². The molecule has 5 heteroatoms. The van der Waals surface area contributed by atoms with E-state index < -0.39 is 30.7 Å². The van der Waals surface area contributed by atoms with Crippen LogP contribution in [-0.4, -0.2) is 46.0 Å². The van der Waals surface area contributed by atoms with Gasteiger partial charge in [0.2, 0.25) is 6.29 Å². The van der Waals surface area contributed by atoms with E-state index in [9.17, 15) is 15.3 Å². The average Bonchev–Trinajstić information content (AvgIpc) is 2.50. The van der Waals surface area contributed by atoms with Gasteiger partial charge in [-0.3, -0.25) is 0 Å². The molecule has 1 aliphatic rings. The topological polar surface area (TPSA) is 79.2 Å². The summed E-state index contributed by atoms with van der Waals surface area (Å²) in [5, 5.41) is 31.5. The molecular formula is C16H18O5. The highest BCUT2D eigenvalue weighted by Gasteiger charge is 2.43. The molecule has 5 atom stereocenters. The van der Waals surface area contributed by atoms with Crippen LogP contribution in [0, 0.1) is 0 Å². The van der Waals surface area contributed by atoms with Gasteiger partial charge >= 0.3 is 0 Å². The summed E-state index contributed by atoms with van der Waals surface area (Å²) in [5.41, 5.74) is 0. The number of hydrogen-bond acceptors (Lipinski definition) is 5. The lowest BCUT2D eigenvalue weighted by atomic mass is 10.00. The van der Waals surface area contributed by atoms with Crippen molar-refractivity contribution in [3.63, 3.8) is 0 Å². The smallest absolute Gasteiger partial charge is 0.229 e. The summed E-state index contributed by atoms with van der Waals surface area (Å²) in [4.78, 5) is 0. The van der Waals surface area contributed by atoms with Crippen LogP contribution < -0.4 is 4.74 Å². The molecular weight excluding hydrogens is 272 g/mol. The van der Waals surface area contributed by atoms with Crippen molar-refractivity contribution in [1.82, 2.24) is 0 Å². The molecule has 0 aliphatic carbocycles. The van der Waals surface area contributed by atoms with Gasteiger partial charge in [0.15, 0.2) is 0 Å². The number of fused-ring (bicyclic) bond motifs is 1. The normalized spacial score (nSPS) is 33.0. The Morgan fingerprint density at radius 1 is 0.905 bits per heavy atom. The maximum absolute atomic E-state index is 9.94. The summed E-state index contributed by atoms with van der Waals surface area (Å²) in [6.45, 7) is 1.62. The summed E-state index contributed by atoms with van der Waals surface area (Å²) in [6, 6.07) is 13.4. The van der Waals surface area contributed by atoms with Gasteiger partial charge in [-0.1, -0.05) is 30.3 Å². The lowest BCUT2D eigenvalue weighted by Crippen LogP contribution is -2.58. The summed E-state index contributed by atoms with van der Waals surface area (Å²) >= 11 is 0. The van der Waals surface area contributed by atoms with Crippen molar-refractivity contribution in [3.8, 4) is 5.75 Å². The van der Waals surface area contributed by atoms with Gasteiger partial charge in [0.25, 0.3) is 0 Å². The fourth-order valence-electron chi connectivity index (χ4n) is 2.49. The van der Waals surface area contributed by atoms with Crippen molar-refractivity contribution >= 4 is 10.8 Å². The van der Waals surface area contributed by atoms with E-state index in [1.807, 2.05) is 36.4 Å². The molecule has 2 aromatic rings. The highest BCUT2D eigenvalue weighted by molar-refractivity contribution is 5.83. The number of aliphatic hydroxyl groups excluding tert-OH is 3. The van der Waals surface area contributed by atoms with Gasteiger partial charge in [-0.25, -0.2) is 0 Å². The minimum atomic E-state index is -1.30. The van der Waals surface area contributed by atoms with Gasteiger partial charge in [0, 0.05) is 0 Å². The average molecular weight is 290 g/mol. The van der Waals surface area contributed by atoms with Gasteiger partial charge in [0.1, 0.15) is 24.1 Å². The van der Waals surface area contributed by atoms with Gasteiger partial charge in [-0.05, 0) is 29.8 Å². The molecule has 1 aliphatic heterocycles. The van der Waals surface area contributed by atoms with E-state index >= 15 is 0 Å². The Balaban J connectivity index is 1.81. The molecule has 1 saturated heterocycles. The lowest BCUT2D eigenvalue weighted by molar-refractivity contribution is -0.268. The van der Waals surface area contributed by atoms with Gasteiger partial charge in [0.05, 0.1) is 6.10 Å². The molecule has 1 heterocycles. The molecule has 0 unspecified atom stereocenters. The van der Waals surface area contributed by atoms with Crippen LogP contribution in [0.5, 0.6) is 5.75 Å². The number of ether oxygens (including phenoxy) is 2. The zero-order valence-corrected chi connectivity index (χ0v) is 11.6. The van der Waals surface area contributed by atoms with E-state index in [-0.39, 0.29) is 0 Å². The molecule has 21 heavy (non-hydrogen) atoms. The fourth-order valence-corrected chi connectivity index (χ4v) is 2.49. The highest BCUT2D eigenvalue weighted by Crippen LogP contribution is 2.26. The second-order valence-electron chi connectivity index (χ2n) is 5.31.